The lowest BCUT2D eigenvalue weighted by Gasteiger charge is -2.24. The molecular formula is C6H9N5. The minimum Gasteiger partial charge on any atom is -0.399 e. The first-order valence-electron chi connectivity index (χ1n) is 3.04. The average Bonchev–Trinajstić information content (AvgIpc) is 1.85. The summed E-state index contributed by atoms with van der Waals surface area (Å²) in [5.41, 5.74) is 16.8. The van der Waals surface area contributed by atoms with Gasteiger partial charge in [-0.15, -0.1) is 0 Å². The third-order valence-electron chi connectivity index (χ3n) is 1.36. The van der Waals surface area contributed by atoms with Gasteiger partial charge in [-0.05, 0) is 6.08 Å². The van der Waals surface area contributed by atoms with Gasteiger partial charge in [0, 0.05) is 11.8 Å². The molecule has 11 heavy (non-hydrogen) atoms. The van der Waals surface area contributed by atoms with Crippen LogP contribution in [0.2, 0.25) is 0 Å². The molecular weight excluding hydrogens is 142 g/mol. The first-order chi connectivity index (χ1) is 5.15. The fourth-order valence-corrected chi connectivity index (χ4v) is 0.857. The molecule has 5 heteroatoms. The van der Waals surface area contributed by atoms with Gasteiger partial charge in [-0.1, -0.05) is 0 Å². The summed E-state index contributed by atoms with van der Waals surface area (Å²) >= 11 is 0. The van der Waals surface area contributed by atoms with E-state index in [2.05, 4.69) is 0 Å². The van der Waals surface area contributed by atoms with E-state index in [1.54, 1.807) is 6.08 Å². The summed E-state index contributed by atoms with van der Waals surface area (Å²) in [4.78, 5) is 1.18. The molecule has 0 fully saturated rings. The third-order valence-corrected chi connectivity index (χ3v) is 1.36. The molecule has 0 radical (unpaired) electrons. The normalized spacial score (nSPS) is 23.6. The van der Waals surface area contributed by atoms with Gasteiger partial charge < -0.3 is 17.2 Å². The van der Waals surface area contributed by atoms with Crippen LogP contribution in [-0.2, 0) is 0 Å². The van der Waals surface area contributed by atoms with Gasteiger partial charge in [-0.2, -0.15) is 5.26 Å². The second kappa shape index (κ2) is 2.52. The van der Waals surface area contributed by atoms with E-state index >= 15 is 0 Å². The molecule has 0 amide bonds. The van der Waals surface area contributed by atoms with E-state index in [1.807, 2.05) is 6.19 Å². The molecule has 0 saturated heterocycles. The maximum Gasteiger partial charge on any atom is 0.187 e. The SMILES string of the molecule is N#CN1C(N)=CC(N)=CC1N. The zero-order chi connectivity index (χ0) is 8.43. The van der Waals surface area contributed by atoms with Crippen molar-refractivity contribution in [3.63, 3.8) is 0 Å². The van der Waals surface area contributed by atoms with Gasteiger partial charge in [0.2, 0.25) is 0 Å². The number of allylic oxidation sites excluding steroid dienone is 1. The lowest BCUT2D eigenvalue weighted by molar-refractivity contribution is 0.404. The molecule has 58 valence electrons. The topological polar surface area (TPSA) is 105 Å². The molecule has 1 atom stereocenters. The summed E-state index contributed by atoms with van der Waals surface area (Å²) in [6, 6.07) is 0. The maximum absolute atomic E-state index is 8.52. The van der Waals surface area contributed by atoms with Gasteiger partial charge in [-0.25, -0.2) is 4.90 Å². The zero-order valence-electron chi connectivity index (χ0n) is 5.86. The summed E-state index contributed by atoms with van der Waals surface area (Å²) in [6.07, 6.45) is 4.35. The Morgan fingerprint density at radius 3 is 2.64 bits per heavy atom. The largest absolute Gasteiger partial charge is 0.399 e. The van der Waals surface area contributed by atoms with Crippen molar-refractivity contribution >= 4 is 0 Å². The highest BCUT2D eigenvalue weighted by atomic mass is 15.3. The number of nitrogens with zero attached hydrogens (tertiary/aromatic N) is 2. The van der Waals surface area contributed by atoms with Crippen molar-refractivity contribution in [2.75, 3.05) is 0 Å². The molecule has 0 bridgehead atoms. The number of hydrogen-bond acceptors (Lipinski definition) is 5. The highest BCUT2D eigenvalue weighted by molar-refractivity contribution is 5.27. The van der Waals surface area contributed by atoms with Crippen molar-refractivity contribution in [3.8, 4) is 6.19 Å². The van der Waals surface area contributed by atoms with Gasteiger partial charge in [-0.3, -0.25) is 0 Å². The average molecular weight is 151 g/mol. The Balaban J connectivity index is 2.93. The summed E-state index contributed by atoms with van der Waals surface area (Å²) in [6.45, 7) is 0. The molecule has 1 unspecified atom stereocenters. The zero-order valence-corrected chi connectivity index (χ0v) is 5.86. The monoisotopic (exact) mass is 151 g/mol. The number of nitriles is 1. The summed E-state index contributed by atoms with van der Waals surface area (Å²) in [7, 11) is 0. The van der Waals surface area contributed by atoms with E-state index in [0.29, 0.717) is 5.70 Å². The fourth-order valence-electron chi connectivity index (χ4n) is 0.857. The highest BCUT2D eigenvalue weighted by Gasteiger charge is 2.16. The second-order valence-corrected chi connectivity index (χ2v) is 2.20. The predicted molar refractivity (Wildman–Crippen MR) is 40.0 cm³/mol. The smallest absolute Gasteiger partial charge is 0.187 e. The van der Waals surface area contributed by atoms with Gasteiger partial charge in [0.05, 0.1) is 0 Å². The molecule has 1 aliphatic rings. The molecule has 6 N–H and O–H groups in total. The first kappa shape index (κ1) is 7.44. The fraction of sp³-hybridized carbons (Fsp3) is 0.167. The van der Waals surface area contributed by atoms with E-state index in [0.717, 1.165) is 0 Å². The minimum absolute atomic E-state index is 0.278. The molecule has 0 spiro atoms. The molecule has 1 aliphatic heterocycles. The molecule has 0 aromatic carbocycles. The number of nitrogens with two attached hydrogens (primary N) is 3. The molecule has 0 aliphatic carbocycles. The minimum atomic E-state index is -0.537. The Kier molecular flexibility index (Phi) is 1.70. The van der Waals surface area contributed by atoms with Crippen LogP contribution >= 0.6 is 0 Å². The van der Waals surface area contributed by atoms with Gasteiger partial charge in [0.1, 0.15) is 12.0 Å². The molecule has 1 rings (SSSR count). The molecule has 5 nitrogen and oxygen atoms in total. The van der Waals surface area contributed by atoms with Crippen molar-refractivity contribution in [1.29, 1.82) is 5.26 Å². The van der Waals surface area contributed by atoms with Gasteiger partial charge in [0.25, 0.3) is 0 Å². The Labute approximate surface area is 64.4 Å². The lowest BCUT2D eigenvalue weighted by Crippen LogP contribution is -2.41. The van der Waals surface area contributed by atoms with Crippen molar-refractivity contribution in [2.24, 2.45) is 17.2 Å². The van der Waals surface area contributed by atoms with Crippen LogP contribution in [0.1, 0.15) is 0 Å². The van der Waals surface area contributed by atoms with Crippen molar-refractivity contribution < 1.29 is 0 Å². The van der Waals surface area contributed by atoms with Crippen LogP contribution in [0.3, 0.4) is 0 Å². The van der Waals surface area contributed by atoms with Crippen LogP contribution in [-0.4, -0.2) is 11.1 Å². The molecule has 0 aromatic heterocycles. The lowest BCUT2D eigenvalue weighted by atomic mass is 10.2. The van der Waals surface area contributed by atoms with Crippen LogP contribution < -0.4 is 17.2 Å². The molecule has 0 saturated carbocycles. The summed E-state index contributed by atoms with van der Waals surface area (Å²) in [5, 5.41) is 8.52. The summed E-state index contributed by atoms with van der Waals surface area (Å²) in [5.74, 6) is 0.278. The van der Waals surface area contributed by atoms with E-state index in [1.165, 1.54) is 11.0 Å². The Hall–Kier alpha value is -1.67. The third kappa shape index (κ3) is 1.25. The quantitative estimate of drug-likeness (QED) is 0.373. The Morgan fingerprint density at radius 2 is 2.18 bits per heavy atom. The predicted octanol–water partition coefficient (Wildman–Crippen LogP) is -1.29. The van der Waals surface area contributed by atoms with Crippen molar-refractivity contribution in [2.45, 2.75) is 6.17 Å². The Morgan fingerprint density at radius 1 is 1.55 bits per heavy atom. The van der Waals surface area contributed by atoms with Crippen LogP contribution in [0.15, 0.2) is 23.7 Å². The number of hydrogen-bond donors (Lipinski definition) is 3. The van der Waals surface area contributed by atoms with Crippen LogP contribution in [0.25, 0.3) is 0 Å². The molecule has 0 aromatic rings. The van der Waals surface area contributed by atoms with E-state index in [9.17, 15) is 0 Å². The second-order valence-electron chi connectivity index (χ2n) is 2.20. The van der Waals surface area contributed by atoms with Crippen molar-refractivity contribution in [1.82, 2.24) is 4.90 Å². The first-order valence-corrected chi connectivity index (χ1v) is 3.04. The van der Waals surface area contributed by atoms with Crippen molar-refractivity contribution in [3.05, 3.63) is 23.7 Å². The van der Waals surface area contributed by atoms with Gasteiger partial charge in [0.15, 0.2) is 6.19 Å². The maximum atomic E-state index is 8.52. The summed E-state index contributed by atoms with van der Waals surface area (Å²) < 4.78 is 0. The van der Waals surface area contributed by atoms with Crippen LogP contribution in [0.4, 0.5) is 0 Å². The number of rotatable bonds is 0. The van der Waals surface area contributed by atoms with E-state index in [-0.39, 0.29) is 5.82 Å². The Bertz CT molecular complexity index is 259. The van der Waals surface area contributed by atoms with Crippen LogP contribution in [0.5, 0.6) is 0 Å². The van der Waals surface area contributed by atoms with Gasteiger partial charge >= 0.3 is 0 Å². The highest BCUT2D eigenvalue weighted by Crippen LogP contribution is 2.09. The van der Waals surface area contributed by atoms with E-state index < -0.39 is 6.17 Å². The standard InChI is InChI=1S/C6H9N5/c7-3-11-5(9)1-4(8)2-6(11)10/h1-2,5H,8-10H2. The molecule has 1 heterocycles. The van der Waals surface area contributed by atoms with Crippen LogP contribution in [0, 0.1) is 11.5 Å². The van der Waals surface area contributed by atoms with E-state index in [4.69, 9.17) is 22.5 Å².